The molecule has 6 nitrogen and oxygen atoms in total. The molecule has 0 spiro atoms. The molecule has 0 saturated heterocycles. The van der Waals surface area contributed by atoms with E-state index in [-0.39, 0.29) is 12.5 Å². The molecular formula is C11H19N5O. The minimum atomic E-state index is -0.0622. The third kappa shape index (κ3) is 4.36. The Labute approximate surface area is 101 Å². The Hall–Kier alpha value is -1.69. The summed E-state index contributed by atoms with van der Waals surface area (Å²) >= 11 is 0. The molecule has 1 amide bonds. The van der Waals surface area contributed by atoms with Gasteiger partial charge in [-0.2, -0.15) is 0 Å². The molecule has 1 heterocycles. The Bertz CT molecular complexity index is 351. The van der Waals surface area contributed by atoms with E-state index in [0.29, 0.717) is 5.95 Å². The van der Waals surface area contributed by atoms with Crippen LogP contribution < -0.4 is 15.5 Å². The van der Waals surface area contributed by atoms with Gasteiger partial charge in [-0.25, -0.2) is 9.97 Å². The summed E-state index contributed by atoms with van der Waals surface area (Å²) in [5, 5.41) is 5.76. The summed E-state index contributed by atoms with van der Waals surface area (Å²) in [7, 11) is 3.39. The van der Waals surface area contributed by atoms with Gasteiger partial charge in [0.2, 0.25) is 11.9 Å². The van der Waals surface area contributed by atoms with Crippen molar-refractivity contribution in [2.45, 2.75) is 13.5 Å². The van der Waals surface area contributed by atoms with Crippen LogP contribution >= 0.6 is 0 Å². The zero-order chi connectivity index (χ0) is 12.7. The highest BCUT2D eigenvalue weighted by molar-refractivity contribution is 5.80. The van der Waals surface area contributed by atoms with Crippen LogP contribution in [0.4, 0.5) is 5.95 Å². The van der Waals surface area contributed by atoms with Gasteiger partial charge in [-0.3, -0.25) is 4.79 Å². The van der Waals surface area contributed by atoms with E-state index in [2.05, 4.69) is 20.6 Å². The highest BCUT2D eigenvalue weighted by Gasteiger charge is 2.07. The van der Waals surface area contributed by atoms with Crippen LogP contribution in [0.2, 0.25) is 0 Å². The molecule has 0 aliphatic heterocycles. The molecule has 1 aromatic rings. The molecule has 94 valence electrons. The molecule has 0 radical (unpaired) electrons. The van der Waals surface area contributed by atoms with E-state index >= 15 is 0 Å². The summed E-state index contributed by atoms with van der Waals surface area (Å²) in [6.07, 6.45) is 3.54. The summed E-state index contributed by atoms with van der Waals surface area (Å²) in [6.45, 7) is 3.98. The van der Waals surface area contributed by atoms with Gasteiger partial charge in [0.1, 0.15) is 0 Å². The van der Waals surface area contributed by atoms with E-state index in [9.17, 15) is 4.79 Å². The molecule has 0 unspecified atom stereocenters. The van der Waals surface area contributed by atoms with Gasteiger partial charge in [0.15, 0.2) is 0 Å². The van der Waals surface area contributed by atoms with Crippen molar-refractivity contribution in [2.24, 2.45) is 0 Å². The van der Waals surface area contributed by atoms with Crippen molar-refractivity contribution < 1.29 is 4.79 Å². The van der Waals surface area contributed by atoms with Crippen LogP contribution in [0.15, 0.2) is 12.4 Å². The number of carbonyl (C=O) groups is 1. The third-order valence-corrected chi connectivity index (χ3v) is 2.27. The van der Waals surface area contributed by atoms with Crippen molar-refractivity contribution >= 4 is 11.9 Å². The molecule has 1 rings (SSSR count). The first-order chi connectivity index (χ1) is 8.17. The van der Waals surface area contributed by atoms with Gasteiger partial charge in [0.25, 0.3) is 0 Å². The van der Waals surface area contributed by atoms with Crippen LogP contribution in [0.5, 0.6) is 0 Å². The summed E-state index contributed by atoms with van der Waals surface area (Å²) in [5.41, 5.74) is 1.03. The lowest BCUT2D eigenvalue weighted by Crippen LogP contribution is -2.33. The van der Waals surface area contributed by atoms with Gasteiger partial charge >= 0.3 is 0 Å². The first kappa shape index (κ1) is 13.4. The number of nitrogens with one attached hydrogen (secondary N) is 2. The SMILES string of the molecule is CCNCc1cnc(N(C)CC(=O)NC)nc1. The monoisotopic (exact) mass is 237 g/mol. The zero-order valence-corrected chi connectivity index (χ0v) is 10.5. The highest BCUT2D eigenvalue weighted by atomic mass is 16.1. The summed E-state index contributed by atoms with van der Waals surface area (Å²) < 4.78 is 0. The second-order valence-corrected chi connectivity index (χ2v) is 3.70. The first-order valence-electron chi connectivity index (χ1n) is 5.60. The topological polar surface area (TPSA) is 70.2 Å². The average molecular weight is 237 g/mol. The summed E-state index contributed by atoms with van der Waals surface area (Å²) in [4.78, 5) is 21.3. The van der Waals surface area contributed by atoms with Crippen LogP contribution in [0.3, 0.4) is 0 Å². The minimum Gasteiger partial charge on any atom is -0.358 e. The molecular weight excluding hydrogens is 218 g/mol. The number of aromatic nitrogens is 2. The lowest BCUT2D eigenvalue weighted by Gasteiger charge is -2.15. The largest absolute Gasteiger partial charge is 0.358 e. The highest BCUT2D eigenvalue weighted by Crippen LogP contribution is 2.04. The van der Waals surface area contributed by atoms with Crippen LogP contribution in [0.1, 0.15) is 12.5 Å². The van der Waals surface area contributed by atoms with Gasteiger partial charge in [-0.15, -0.1) is 0 Å². The summed E-state index contributed by atoms with van der Waals surface area (Å²) in [6, 6.07) is 0. The van der Waals surface area contributed by atoms with Crippen molar-refractivity contribution in [2.75, 3.05) is 32.1 Å². The lowest BCUT2D eigenvalue weighted by atomic mass is 10.3. The molecule has 0 fully saturated rings. The minimum absolute atomic E-state index is 0.0622. The van der Waals surface area contributed by atoms with Crippen LogP contribution in [-0.2, 0) is 11.3 Å². The predicted molar refractivity (Wildman–Crippen MR) is 66.7 cm³/mol. The van der Waals surface area contributed by atoms with Gasteiger partial charge in [-0.1, -0.05) is 6.92 Å². The average Bonchev–Trinajstić information content (AvgIpc) is 2.36. The fourth-order valence-corrected chi connectivity index (χ4v) is 1.27. The molecule has 0 aromatic carbocycles. The van der Waals surface area contributed by atoms with Gasteiger partial charge in [0.05, 0.1) is 6.54 Å². The fourth-order valence-electron chi connectivity index (χ4n) is 1.27. The Morgan fingerprint density at radius 3 is 2.59 bits per heavy atom. The molecule has 0 bridgehead atoms. The van der Waals surface area contributed by atoms with Crippen molar-refractivity contribution in [3.8, 4) is 0 Å². The second kappa shape index (κ2) is 6.80. The maximum absolute atomic E-state index is 11.2. The molecule has 0 atom stereocenters. The lowest BCUT2D eigenvalue weighted by molar-refractivity contribution is -0.119. The quantitative estimate of drug-likeness (QED) is 0.715. The number of nitrogens with zero attached hydrogens (tertiary/aromatic N) is 3. The smallest absolute Gasteiger partial charge is 0.239 e. The molecule has 0 aliphatic carbocycles. The maximum atomic E-state index is 11.2. The van der Waals surface area contributed by atoms with E-state index in [1.807, 2.05) is 6.92 Å². The number of likely N-dealkylation sites (N-methyl/N-ethyl adjacent to an activating group) is 2. The van der Waals surface area contributed by atoms with Crippen LogP contribution in [0.25, 0.3) is 0 Å². The van der Waals surface area contributed by atoms with E-state index in [1.165, 1.54) is 0 Å². The number of amides is 1. The molecule has 17 heavy (non-hydrogen) atoms. The van der Waals surface area contributed by atoms with E-state index in [1.54, 1.807) is 31.4 Å². The molecule has 0 saturated carbocycles. The van der Waals surface area contributed by atoms with Gasteiger partial charge < -0.3 is 15.5 Å². The number of hydrogen-bond acceptors (Lipinski definition) is 5. The normalized spacial score (nSPS) is 10.1. The number of carbonyl (C=O) groups excluding carboxylic acids is 1. The van der Waals surface area contributed by atoms with Gasteiger partial charge in [0, 0.05) is 38.6 Å². The Morgan fingerprint density at radius 2 is 2.06 bits per heavy atom. The third-order valence-electron chi connectivity index (χ3n) is 2.27. The predicted octanol–water partition coefficient (Wildman–Crippen LogP) is -0.232. The first-order valence-corrected chi connectivity index (χ1v) is 5.60. The molecule has 6 heteroatoms. The number of anilines is 1. The number of hydrogen-bond donors (Lipinski definition) is 2. The number of rotatable bonds is 6. The van der Waals surface area contributed by atoms with E-state index in [4.69, 9.17) is 0 Å². The summed E-state index contributed by atoms with van der Waals surface area (Å²) in [5.74, 6) is 0.488. The van der Waals surface area contributed by atoms with Crippen molar-refractivity contribution in [1.82, 2.24) is 20.6 Å². The molecule has 0 aliphatic rings. The Morgan fingerprint density at radius 1 is 1.41 bits per heavy atom. The Balaban J connectivity index is 2.57. The second-order valence-electron chi connectivity index (χ2n) is 3.70. The van der Waals surface area contributed by atoms with Crippen LogP contribution in [0, 0.1) is 0 Å². The van der Waals surface area contributed by atoms with Crippen molar-refractivity contribution in [3.63, 3.8) is 0 Å². The Kier molecular flexibility index (Phi) is 5.35. The van der Waals surface area contributed by atoms with E-state index < -0.39 is 0 Å². The van der Waals surface area contributed by atoms with Crippen LogP contribution in [-0.4, -0.2) is 43.1 Å². The van der Waals surface area contributed by atoms with E-state index in [0.717, 1.165) is 18.7 Å². The maximum Gasteiger partial charge on any atom is 0.239 e. The fraction of sp³-hybridized carbons (Fsp3) is 0.545. The van der Waals surface area contributed by atoms with Gasteiger partial charge in [-0.05, 0) is 6.54 Å². The zero-order valence-electron chi connectivity index (χ0n) is 10.5. The molecule has 1 aromatic heterocycles. The standard InChI is InChI=1S/C11H19N5O/c1-4-13-5-9-6-14-11(15-7-9)16(3)8-10(17)12-2/h6-7,13H,4-5,8H2,1-3H3,(H,12,17). The molecule has 2 N–H and O–H groups in total. The van der Waals surface area contributed by atoms with Crippen molar-refractivity contribution in [1.29, 1.82) is 0 Å². The van der Waals surface area contributed by atoms with Crippen molar-refractivity contribution in [3.05, 3.63) is 18.0 Å².